The highest BCUT2D eigenvalue weighted by Gasteiger charge is 2.45. The molecule has 0 amide bonds. The summed E-state index contributed by atoms with van der Waals surface area (Å²) in [6.07, 6.45) is 5.24. The molecule has 1 aliphatic carbocycles. The predicted octanol–water partition coefficient (Wildman–Crippen LogP) is 8.50. The Labute approximate surface area is 223 Å². The summed E-state index contributed by atoms with van der Waals surface area (Å²) in [7, 11) is 0. The summed E-state index contributed by atoms with van der Waals surface area (Å²) < 4.78 is 0. The molecule has 3 heteroatoms. The van der Waals surface area contributed by atoms with Crippen molar-refractivity contribution in [2.24, 2.45) is 5.92 Å². The standard InChI is InChI=1S/C34H44O3/c1-9-33(8,26-10-12-28(35)13-11-26)27-14-16-34(17-15-27,29-18-20(2)31(36)24(6)22(29)4)30-19-21(3)32(37)25(7)23(30)5/h10-13,18-19,27,35-37H,9,14-17H2,1-8H3. The van der Waals surface area contributed by atoms with Crippen LogP contribution in [0.15, 0.2) is 36.4 Å². The van der Waals surface area contributed by atoms with E-state index in [2.05, 4.69) is 52.0 Å². The molecule has 1 atom stereocenters. The normalized spacial score (nSPS) is 17.5. The number of hydrogen-bond donors (Lipinski definition) is 3. The monoisotopic (exact) mass is 500 g/mol. The molecule has 3 nitrogen and oxygen atoms in total. The molecule has 0 bridgehead atoms. The number of aryl methyl sites for hydroxylation is 2. The van der Waals surface area contributed by atoms with Crippen LogP contribution in [0.1, 0.15) is 96.0 Å². The van der Waals surface area contributed by atoms with Gasteiger partial charge < -0.3 is 15.3 Å². The van der Waals surface area contributed by atoms with Crippen molar-refractivity contribution < 1.29 is 15.3 Å². The molecule has 0 heterocycles. The third-order valence-electron chi connectivity index (χ3n) is 10.1. The van der Waals surface area contributed by atoms with Crippen molar-refractivity contribution in [3.05, 3.63) is 86.5 Å². The van der Waals surface area contributed by atoms with Crippen LogP contribution in [-0.2, 0) is 10.8 Å². The number of benzene rings is 3. The summed E-state index contributed by atoms with van der Waals surface area (Å²) >= 11 is 0. The second-order valence-electron chi connectivity index (χ2n) is 11.9. The van der Waals surface area contributed by atoms with Crippen LogP contribution in [0.2, 0.25) is 0 Å². The molecule has 3 aromatic carbocycles. The molecule has 0 aromatic heterocycles. The van der Waals surface area contributed by atoms with Crippen LogP contribution in [0.25, 0.3) is 0 Å². The van der Waals surface area contributed by atoms with Crippen molar-refractivity contribution in [3.8, 4) is 17.2 Å². The highest BCUT2D eigenvalue weighted by Crippen LogP contribution is 2.55. The van der Waals surface area contributed by atoms with E-state index in [9.17, 15) is 15.3 Å². The predicted molar refractivity (Wildman–Crippen MR) is 153 cm³/mol. The molecule has 0 radical (unpaired) electrons. The van der Waals surface area contributed by atoms with Crippen LogP contribution in [0, 0.1) is 47.5 Å². The Morgan fingerprint density at radius 1 is 0.730 bits per heavy atom. The molecule has 0 spiro atoms. The summed E-state index contributed by atoms with van der Waals surface area (Å²) in [5.41, 5.74) is 9.88. The Balaban J connectivity index is 1.86. The van der Waals surface area contributed by atoms with Crippen molar-refractivity contribution >= 4 is 0 Å². The number of phenols is 3. The summed E-state index contributed by atoms with van der Waals surface area (Å²) in [5.74, 6) is 1.62. The van der Waals surface area contributed by atoms with Crippen molar-refractivity contribution in [3.63, 3.8) is 0 Å². The highest BCUT2D eigenvalue weighted by atomic mass is 16.3. The molecule has 3 aromatic rings. The molecule has 0 aliphatic heterocycles. The molecule has 1 saturated carbocycles. The maximum absolute atomic E-state index is 10.7. The zero-order valence-electron chi connectivity index (χ0n) is 23.9. The van der Waals surface area contributed by atoms with Gasteiger partial charge >= 0.3 is 0 Å². The van der Waals surface area contributed by atoms with Gasteiger partial charge in [0.05, 0.1) is 0 Å². The van der Waals surface area contributed by atoms with E-state index >= 15 is 0 Å². The van der Waals surface area contributed by atoms with E-state index < -0.39 is 0 Å². The molecule has 1 fully saturated rings. The van der Waals surface area contributed by atoms with Crippen LogP contribution in [0.4, 0.5) is 0 Å². The Kier molecular flexibility index (Phi) is 7.14. The average Bonchev–Trinajstić information content (AvgIpc) is 2.90. The molecular weight excluding hydrogens is 456 g/mol. The largest absolute Gasteiger partial charge is 0.508 e. The van der Waals surface area contributed by atoms with Gasteiger partial charge in [0.25, 0.3) is 0 Å². The van der Waals surface area contributed by atoms with E-state index in [1.54, 1.807) is 0 Å². The third kappa shape index (κ3) is 4.31. The van der Waals surface area contributed by atoms with Gasteiger partial charge in [-0.3, -0.25) is 0 Å². The van der Waals surface area contributed by atoms with Crippen molar-refractivity contribution in [2.75, 3.05) is 0 Å². The summed E-state index contributed by atoms with van der Waals surface area (Å²) in [5, 5.41) is 31.3. The molecular formula is C34H44O3. The zero-order chi connectivity index (χ0) is 27.3. The number of aromatic hydroxyl groups is 3. The summed E-state index contributed by atoms with van der Waals surface area (Å²) in [6.45, 7) is 17.0. The SMILES string of the molecule is CCC(C)(c1ccc(O)cc1)C1CCC(c2cc(C)c(O)c(C)c2C)(c2cc(C)c(O)c(C)c2C)CC1. The molecule has 4 rings (SSSR count). The number of rotatable bonds is 5. The molecule has 0 saturated heterocycles. The highest BCUT2D eigenvalue weighted by molar-refractivity contribution is 5.58. The zero-order valence-corrected chi connectivity index (χ0v) is 23.9. The van der Waals surface area contributed by atoms with E-state index in [1.165, 1.54) is 27.8 Å². The Bertz CT molecular complexity index is 1240. The number of hydrogen-bond acceptors (Lipinski definition) is 3. The van der Waals surface area contributed by atoms with Gasteiger partial charge in [0.1, 0.15) is 17.2 Å². The van der Waals surface area contributed by atoms with Crippen molar-refractivity contribution in [2.45, 2.75) is 98.3 Å². The van der Waals surface area contributed by atoms with Gasteiger partial charge in [0, 0.05) is 5.41 Å². The average molecular weight is 501 g/mol. The summed E-state index contributed by atoms with van der Waals surface area (Å²) in [4.78, 5) is 0. The maximum Gasteiger partial charge on any atom is 0.121 e. The fourth-order valence-electron chi connectivity index (χ4n) is 7.13. The number of phenolic OH excluding ortho intramolecular Hbond substituents is 3. The third-order valence-corrected chi connectivity index (χ3v) is 10.1. The van der Waals surface area contributed by atoms with Gasteiger partial charge in [0.15, 0.2) is 0 Å². The lowest BCUT2D eigenvalue weighted by molar-refractivity contribution is 0.171. The first-order valence-corrected chi connectivity index (χ1v) is 13.8. The quantitative estimate of drug-likeness (QED) is 0.329. The van der Waals surface area contributed by atoms with Crippen LogP contribution >= 0.6 is 0 Å². The fourth-order valence-corrected chi connectivity index (χ4v) is 7.13. The van der Waals surface area contributed by atoms with Crippen molar-refractivity contribution in [1.29, 1.82) is 0 Å². The van der Waals surface area contributed by atoms with E-state index in [0.717, 1.165) is 54.4 Å². The lowest BCUT2D eigenvalue weighted by Gasteiger charge is -2.48. The molecule has 1 aliphatic rings. The summed E-state index contributed by atoms with van der Waals surface area (Å²) in [6, 6.07) is 12.2. The first-order chi connectivity index (χ1) is 17.4. The van der Waals surface area contributed by atoms with E-state index in [-0.39, 0.29) is 10.8 Å². The van der Waals surface area contributed by atoms with E-state index in [0.29, 0.717) is 23.2 Å². The molecule has 1 unspecified atom stereocenters. The maximum atomic E-state index is 10.7. The van der Waals surface area contributed by atoms with Crippen LogP contribution in [0.5, 0.6) is 17.2 Å². The topological polar surface area (TPSA) is 60.7 Å². The Morgan fingerprint density at radius 2 is 1.16 bits per heavy atom. The minimum atomic E-state index is -0.180. The lowest BCUT2D eigenvalue weighted by Crippen LogP contribution is -2.41. The molecule has 198 valence electrons. The molecule has 3 N–H and O–H groups in total. The minimum absolute atomic E-state index is 0.0333. The van der Waals surface area contributed by atoms with Gasteiger partial charge in [-0.2, -0.15) is 0 Å². The Morgan fingerprint density at radius 3 is 1.57 bits per heavy atom. The first kappa shape index (κ1) is 27.1. The second kappa shape index (κ2) is 9.74. The minimum Gasteiger partial charge on any atom is -0.508 e. The van der Waals surface area contributed by atoms with Gasteiger partial charge in [-0.25, -0.2) is 0 Å². The van der Waals surface area contributed by atoms with Crippen LogP contribution in [0.3, 0.4) is 0 Å². The fraction of sp³-hybridized carbons (Fsp3) is 0.471. The van der Waals surface area contributed by atoms with Crippen LogP contribution in [-0.4, -0.2) is 15.3 Å². The van der Waals surface area contributed by atoms with E-state index in [4.69, 9.17) is 0 Å². The van der Waals surface area contributed by atoms with Gasteiger partial charge in [-0.15, -0.1) is 0 Å². The van der Waals surface area contributed by atoms with Gasteiger partial charge in [-0.1, -0.05) is 38.1 Å². The Hall–Kier alpha value is -2.94. The second-order valence-corrected chi connectivity index (χ2v) is 11.9. The lowest BCUT2D eigenvalue weighted by atomic mass is 9.55. The first-order valence-electron chi connectivity index (χ1n) is 13.8. The van der Waals surface area contributed by atoms with Gasteiger partial charge in [0.2, 0.25) is 0 Å². The molecule has 37 heavy (non-hydrogen) atoms. The van der Waals surface area contributed by atoms with Gasteiger partial charge in [-0.05, 0) is 147 Å². The van der Waals surface area contributed by atoms with E-state index in [1.807, 2.05) is 39.8 Å². The smallest absolute Gasteiger partial charge is 0.121 e. The van der Waals surface area contributed by atoms with Crippen LogP contribution < -0.4 is 0 Å². The van der Waals surface area contributed by atoms with Crippen molar-refractivity contribution in [1.82, 2.24) is 0 Å².